The summed E-state index contributed by atoms with van der Waals surface area (Å²) in [6, 6.07) is 0. The van der Waals surface area contributed by atoms with E-state index in [1.54, 1.807) is 0 Å². The highest BCUT2D eigenvalue weighted by Crippen LogP contribution is 2.34. The van der Waals surface area contributed by atoms with Gasteiger partial charge in [-0.15, -0.1) is 0 Å². The summed E-state index contributed by atoms with van der Waals surface area (Å²) in [6.07, 6.45) is 28.4. The van der Waals surface area contributed by atoms with E-state index in [0.717, 1.165) is 23.7 Å². The molecule has 0 aliphatic heterocycles. The lowest BCUT2D eigenvalue weighted by molar-refractivity contribution is 0.263. The van der Waals surface area contributed by atoms with Crippen molar-refractivity contribution in [2.75, 3.05) is 0 Å². The maximum absolute atomic E-state index is 2.52. The van der Waals surface area contributed by atoms with E-state index in [0.29, 0.717) is 0 Å². The molecule has 2 fully saturated rings. The van der Waals surface area contributed by atoms with Gasteiger partial charge >= 0.3 is 0 Å². The fraction of sp³-hybridized carbons (Fsp3) is 0.826. The van der Waals surface area contributed by atoms with Crippen LogP contribution in [0.3, 0.4) is 0 Å². The highest BCUT2D eigenvalue weighted by atomic mass is 14.3. The largest absolute Gasteiger partial charge is 0.0885 e. The minimum Gasteiger partial charge on any atom is -0.0885 e. The Hall–Kier alpha value is -0.520. The van der Waals surface area contributed by atoms with Crippen molar-refractivity contribution in [2.45, 2.75) is 97.3 Å². The molecular weight excluding hydrogens is 276 g/mol. The van der Waals surface area contributed by atoms with Crippen LogP contribution in [0, 0.1) is 23.7 Å². The summed E-state index contributed by atoms with van der Waals surface area (Å²) >= 11 is 0. The molecule has 0 heterocycles. The van der Waals surface area contributed by atoms with E-state index in [1.807, 2.05) is 0 Å². The summed E-state index contributed by atoms with van der Waals surface area (Å²) < 4.78 is 0. The van der Waals surface area contributed by atoms with Crippen molar-refractivity contribution >= 4 is 0 Å². The smallest absolute Gasteiger partial charge is 0.0233 e. The maximum atomic E-state index is 2.52. The van der Waals surface area contributed by atoms with Crippen molar-refractivity contribution in [2.24, 2.45) is 23.7 Å². The van der Waals surface area contributed by atoms with Gasteiger partial charge in [0.2, 0.25) is 0 Å². The molecule has 0 spiro atoms. The van der Waals surface area contributed by atoms with E-state index in [9.17, 15) is 0 Å². The van der Waals surface area contributed by atoms with E-state index < -0.39 is 0 Å². The molecule has 2 saturated carbocycles. The van der Waals surface area contributed by atoms with Crippen LogP contribution in [-0.4, -0.2) is 0 Å². The van der Waals surface area contributed by atoms with Gasteiger partial charge in [0.05, 0.1) is 0 Å². The summed E-state index contributed by atoms with van der Waals surface area (Å²) in [6.45, 7) is 4.57. The van der Waals surface area contributed by atoms with Gasteiger partial charge in [-0.3, -0.25) is 0 Å². The zero-order valence-electron chi connectivity index (χ0n) is 15.8. The first-order valence-corrected chi connectivity index (χ1v) is 10.6. The highest BCUT2D eigenvalue weighted by molar-refractivity contribution is 4.93. The molecule has 0 aromatic carbocycles. The lowest BCUT2D eigenvalue weighted by Gasteiger charge is -2.28. The third-order valence-corrected chi connectivity index (χ3v) is 6.30. The molecule has 0 heteroatoms. The van der Waals surface area contributed by atoms with Crippen molar-refractivity contribution in [3.8, 4) is 0 Å². The zero-order chi connectivity index (χ0) is 16.3. The van der Waals surface area contributed by atoms with Gasteiger partial charge in [-0.1, -0.05) is 63.8 Å². The number of hydrogen-bond acceptors (Lipinski definition) is 0. The monoisotopic (exact) mass is 316 g/mol. The molecule has 2 aliphatic carbocycles. The van der Waals surface area contributed by atoms with Gasteiger partial charge in [-0.25, -0.2) is 0 Å². The Labute approximate surface area is 145 Å². The summed E-state index contributed by atoms with van der Waals surface area (Å²) in [5, 5.41) is 0. The molecule has 0 aromatic rings. The topological polar surface area (TPSA) is 0 Å². The standard InChI is InChI=1S/C23H40/c1-3-5-9-21-16-18-23(19-17-21)11-7-6-10-22-14-12-20(8-4-2)13-15-22/h5-7,9,20-23H,3-4,8,10-19H2,1-2H3. The molecule has 0 bridgehead atoms. The number of rotatable bonds is 8. The van der Waals surface area contributed by atoms with Gasteiger partial charge in [-0.05, 0) is 81.5 Å². The first-order chi connectivity index (χ1) is 11.3. The summed E-state index contributed by atoms with van der Waals surface area (Å²) in [7, 11) is 0. The summed E-state index contributed by atoms with van der Waals surface area (Å²) in [4.78, 5) is 0. The lowest BCUT2D eigenvalue weighted by Crippen LogP contribution is -2.14. The normalized spacial score (nSPS) is 32.8. The third-order valence-electron chi connectivity index (χ3n) is 6.30. The SMILES string of the molecule is CCC=CC1CCC(CC=CCC2CCC(CCC)CC2)CC1. The van der Waals surface area contributed by atoms with E-state index in [4.69, 9.17) is 0 Å². The Bertz CT molecular complexity index is 335. The van der Waals surface area contributed by atoms with Gasteiger partial charge < -0.3 is 0 Å². The van der Waals surface area contributed by atoms with E-state index >= 15 is 0 Å². The second-order valence-corrected chi connectivity index (χ2v) is 8.24. The van der Waals surface area contributed by atoms with Crippen molar-refractivity contribution in [3.63, 3.8) is 0 Å². The van der Waals surface area contributed by atoms with Crippen molar-refractivity contribution in [1.82, 2.24) is 0 Å². The zero-order valence-corrected chi connectivity index (χ0v) is 15.8. The average molecular weight is 317 g/mol. The molecule has 0 amide bonds. The fourth-order valence-corrected chi connectivity index (χ4v) is 4.69. The fourth-order valence-electron chi connectivity index (χ4n) is 4.69. The Morgan fingerprint density at radius 1 is 0.652 bits per heavy atom. The Morgan fingerprint density at radius 3 is 1.70 bits per heavy atom. The van der Waals surface area contributed by atoms with Gasteiger partial charge in [0.15, 0.2) is 0 Å². The van der Waals surface area contributed by atoms with E-state index in [1.165, 1.54) is 83.5 Å². The number of allylic oxidation sites excluding steroid dienone is 4. The maximum Gasteiger partial charge on any atom is -0.0233 e. The summed E-state index contributed by atoms with van der Waals surface area (Å²) in [5.41, 5.74) is 0. The van der Waals surface area contributed by atoms with Crippen LogP contribution >= 0.6 is 0 Å². The van der Waals surface area contributed by atoms with Crippen molar-refractivity contribution in [3.05, 3.63) is 24.3 Å². The van der Waals surface area contributed by atoms with Crippen LogP contribution in [0.25, 0.3) is 0 Å². The van der Waals surface area contributed by atoms with Crippen LogP contribution in [0.4, 0.5) is 0 Å². The van der Waals surface area contributed by atoms with Gasteiger partial charge in [0.1, 0.15) is 0 Å². The summed E-state index contributed by atoms with van der Waals surface area (Å²) in [5.74, 6) is 3.90. The van der Waals surface area contributed by atoms with Gasteiger partial charge in [0.25, 0.3) is 0 Å². The minimum atomic E-state index is 0.883. The second-order valence-electron chi connectivity index (χ2n) is 8.24. The van der Waals surface area contributed by atoms with Gasteiger partial charge in [0, 0.05) is 0 Å². The first kappa shape index (κ1) is 18.8. The Balaban J connectivity index is 1.55. The first-order valence-electron chi connectivity index (χ1n) is 10.6. The molecule has 0 aromatic heterocycles. The molecule has 2 rings (SSSR count). The second kappa shape index (κ2) is 11.1. The predicted molar refractivity (Wildman–Crippen MR) is 104 cm³/mol. The van der Waals surface area contributed by atoms with Crippen LogP contribution in [0.5, 0.6) is 0 Å². The molecule has 0 saturated heterocycles. The lowest BCUT2D eigenvalue weighted by atomic mass is 9.78. The van der Waals surface area contributed by atoms with E-state index in [-0.39, 0.29) is 0 Å². The predicted octanol–water partition coefficient (Wildman–Crippen LogP) is 7.70. The molecular formula is C23H40. The molecule has 0 nitrogen and oxygen atoms in total. The van der Waals surface area contributed by atoms with Crippen molar-refractivity contribution in [1.29, 1.82) is 0 Å². The van der Waals surface area contributed by atoms with Crippen LogP contribution in [0.2, 0.25) is 0 Å². The molecule has 23 heavy (non-hydrogen) atoms. The molecule has 0 radical (unpaired) electrons. The van der Waals surface area contributed by atoms with Gasteiger partial charge in [-0.2, -0.15) is 0 Å². The molecule has 132 valence electrons. The van der Waals surface area contributed by atoms with Crippen LogP contribution in [0.1, 0.15) is 97.3 Å². The average Bonchev–Trinajstić information content (AvgIpc) is 2.59. The molecule has 0 atom stereocenters. The van der Waals surface area contributed by atoms with Crippen LogP contribution in [-0.2, 0) is 0 Å². The molecule has 0 N–H and O–H groups in total. The van der Waals surface area contributed by atoms with Crippen LogP contribution in [0.15, 0.2) is 24.3 Å². The Kier molecular flexibility index (Phi) is 9.09. The molecule has 0 unspecified atom stereocenters. The number of hydrogen-bond donors (Lipinski definition) is 0. The minimum absolute atomic E-state index is 0.883. The Morgan fingerprint density at radius 2 is 1.17 bits per heavy atom. The quantitative estimate of drug-likeness (QED) is 0.402. The molecule has 2 aliphatic rings. The highest BCUT2D eigenvalue weighted by Gasteiger charge is 2.20. The third kappa shape index (κ3) is 7.27. The van der Waals surface area contributed by atoms with Crippen LogP contribution < -0.4 is 0 Å². The van der Waals surface area contributed by atoms with E-state index in [2.05, 4.69) is 38.2 Å². The van der Waals surface area contributed by atoms with Crippen molar-refractivity contribution < 1.29 is 0 Å².